The third kappa shape index (κ3) is 4.80. The number of carbonyl (C=O) groups is 2. The molecule has 5 atom stereocenters. The Morgan fingerprint density at radius 3 is 2.74 bits per heavy atom. The number of amides is 2. The second kappa shape index (κ2) is 9.29. The lowest BCUT2D eigenvalue weighted by Crippen LogP contribution is -2.60. The molecule has 6 heteroatoms. The fraction of sp³-hybridized carbons (Fsp3) is 0.680. The summed E-state index contributed by atoms with van der Waals surface area (Å²) in [5.74, 6) is 1.21. The van der Waals surface area contributed by atoms with Crippen molar-refractivity contribution in [2.24, 2.45) is 11.8 Å². The van der Waals surface area contributed by atoms with E-state index < -0.39 is 0 Å². The van der Waals surface area contributed by atoms with E-state index in [0.29, 0.717) is 31.3 Å². The van der Waals surface area contributed by atoms with Crippen LogP contribution in [0.5, 0.6) is 0 Å². The van der Waals surface area contributed by atoms with Crippen molar-refractivity contribution in [1.29, 1.82) is 0 Å². The van der Waals surface area contributed by atoms with Crippen molar-refractivity contribution in [3.05, 3.63) is 29.8 Å². The lowest BCUT2D eigenvalue weighted by atomic mass is 9.66. The number of hydrogen-bond acceptors (Lipinski definition) is 4. The zero-order valence-corrected chi connectivity index (χ0v) is 19.1. The van der Waals surface area contributed by atoms with Gasteiger partial charge in [0.05, 0.1) is 18.8 Å². The summed E-state index contributed by atoms with van der Waals surface area (Å²) in [5.41, 5.74) is 1.77. The van der Waals surface area contributed by atoms with Gasteiger partial charge in [0, 0.05) is 50.1 Å². The van der Waals surface area contributed by atoms with Crippen LogP contribution in [0.4, 0.5) is 5.69 Å². The summed E-state index contributed by atoms with van der Waals surface area (Å²) in [6, 6.07) is 8.24. The van der Waals surface area contributed by atoms with Crippen LogP contribution in [0.2, 0.25) is 0 Å². The highest BCUT2D eigenvalue weighted by Gasteiger charge is 2.49. The van der Waals surface area contributed by atoms with Gasteiger partial charge in [-0.05, 0) is 49.8 Å². The van der Waals surface area contributed by atoms with E-state index in [2.05, 4.69) is 31.3 Å². The Hall–Kier alpha value is -1.92. The number of methoxy groups -OCH3 is 1. The Morgan fingerprint density at radius 2 is 2.06 bits per heavy atom. The first-order chi connectivity index (χ1) is 14.9. The van der Waals surface area contributed by atoms with Crippen LogP contribution in [0.15, 0.2) is 24.3 Å². The van der Waals surface area contributed by atoms with Gasteiger partial charge in [-0.25, -0.2) is 0 Å². The van der Waals surface area contributed by atoms with Gasteiger partial charge in [-0.15, -0.1) is 0 Å². The SMILES string of the molecule is COCCC(=O)N[C@]1(C)C[C@H](c2ccc(N3CCCC3=O)cc2)O[C@@H]2C[C@H](C)CC[C@H]21. The first-order valence-corrected chi connectivity index (χ1v) is 11.8. The molecule has 0 spiro atoms. The molecule has 170 valence electrons. The summed E-state index contributed by atoms with van der Waals surface area (Å²) >= 11 is 0. The highest BCUT2D eigenvalue weighted by molar-refractivity contribution is 5.95. The van der Waals surface area contributed by atoms with Crippen molar-refractivity contribution in [3.63, 3.8) is 0 Å². The Labute approximate surface area is 185 Å². The molecule has 1 saturated carbocycles. The van der Waals surface area contributed by atoms with E-state index in [9.17, 15) is 9.59 Å². The minimum Gasteiger partial charge on any atom is -0.384 e. The van der Waals surface area contributed by atoms with Crippen LogP contribution in [-0.2, 0) is 19.1 Å². The van der Waals surface area contributed by atoms with Crippen LogP contribution < -0.4 is 10.2 Å². The molecule has 0 bridgehead atoms. The van der Waals surface area contributed by atoms with Crippen LogP contribution >= 0.6 is 0 Å². The summed E-state index contributed by atoms with van der Waals surface area (Å²) in [6.45, 7) is 5.71. The predicted octanol–water partition coefficient (Wildman–Crippen LogP) is 3.99. The molecule has 3 fully saturated rings. The third-order valence-electron chi connectivity index (χ3n) is 7.43. The molecule has 0 unspecified atom stereocenters. The maximum Gasteiger partial charge on any atom is 0.227 e. The summed E-state index contributed by atoms with van der Waals surface area (Å²) in [5, 5.41) is 3.35. The standard InChI is InChI=1S/C25H36N2O4/c1-17-6-11-20-21(15-17)31-22(16-25(20,2)26-23(28)12-14-30-3)18-7-9-19(10-8-18)27-13-4-5-24(27)29/h7-10,17,20-22H,4-6,11-16H2,1-3H3,(H,26,28)/t17-,20-,21-,22-,25-/m1/s1. The molecule has 2 amide bonds. The Kier molecular flexibility index (Phi) is 6.68. The number of carbonyl (C=O) groups excluding carboxylic acids is 2. The Bertz CT molecular complexity index is 795. The van der Waals surface area contributed by atoms with E-state index in [4.69, 9.17) is 9.47 Å². The van der Waals surface area contributed by atoms with Gasteiger partial charge < -0.3 is 19.7 Å². The first kappa shape index (κ1) is 22.3. The van der Waals surface area contributed by atoms with Crippen LogP contribution in [0.3, 0.4) is 0 Å². The normalized spacial score (nSPS) is 33.3. The molecule has 6 nitrogen and oxygen atoms in total. The van der Waals surface area contributed by atoms with Gasteiger partial charge in [0.1, 0.15) is 0 Å². The van der Waals surface area contributed by atoms with Crippen molar-refractivity contribution < 1.29 is 19.1 Å². The maximum absolute atomic E-state index is 12.6. The van der Waals surface area contributed by atoms with Crippen molar-refractivity contribution in [2.45, 2.75) is 76.5 Å². The molecular weight excluding hydrogens is 392 g/mol. The Morgan fingerprint density at radius 1 is 1.29 bits per heavy atom. The predicted molar refractivity (Wildman–Crippen MR) is 120 cm³/mol. The van der Waals surface area contributed by atoms with Gasteiger partial charge in [0.25, 0.3) is 0 Å². The van der Waals surface area contributed by atoms with Crippen molar-refractivity contribution in [2.75, 3.05) is 25.2 Å². The lowest BCUT2D eigenvalue weighted by Gasteiger charge is -2.52. The number of ether oxygens (including phenoxy) is 2. The van der Waals surface area contributed by atoms with Crippen molar-refractivity contribution >= 4 is 17.5 Å². The van der Waals surface area contributed by atoms with Gasteiger partial charge in [0.2, 0.25) is 11.8 Å². The fourth-order valence-electron chi connectivity index (χ4n) is 5.71. The summed E-state index contributed by atoms with van der Waals surface area (Å²) < 4.78 is 11.7. The molecule has 1 N–H and O–H groups in total. The first-order valence-electron chi connectivity index (χ1n) is 11.8. The zero-order valence-electron chi connectivity index (χ0n) is 19.1. The van der Waals surface area contributed by atoms with Crippen LogP contribution in [-0.4, -0.2) is 43.7 Å². The summed E-state index contributed by atoms with van der Waals surface area (Å²) in [6.07, 6.45) is 6.06. The van der Waals surface area contributed by atoms with Gasteiger partial charge >= 0.3 is 0 Å². The van der Waals surface area contributed by atoms with E-state index in [0.717, 1.165) is 43.5 Å². The molecule has 3 aliphatic rings. The van der Waals surface area contributed by atoms with Gasteiger partial charge in [-0.1, -0.05) is 25.5 Å². The van der Waals surface area contributed by atoms with E-state index in [1.54, 1.807) is 7.11 Å². The van der Waals surface area contributed by atoms with Crippen LogP contribution in [0.1, 0.15) is 70.5 Å². The summed E-state index contributed by atoms with van der Waals surface area (Å²) in [7, 11) is 1.62. The molecule has 2 heterocycles. The average Bonchev–Trinajstić information content (AvgIpc) is 3.17. The third-order valence-corrected chi connectivity index (χ3v) is 7.43. The van der Waals surface area contributed by atoms with E-state index in [1.165, 1.54) is 6.42 Å². The molecule has 2 saturated heterocycles. The minimum absolute atomic E-state index is 0.0465. The van der Waals surface area contributed by atoms with Crippen molar-refractivity contribution in [1.82, 2.24) is 5.32 Å². The lowest BCUT2D eigenvalue weighted by molar-refractivity contribution is -0.154. The molecule has 2 aliphatic heterocycles. The molecule has 0 radical (unpaired) electrons. The molecular formula is C25H36N2O4. The van der Waals surface area contributed by atoms with Crippen LogP contribution in [0.25, 0.3) is 0 Å². The van der Waals surface area contributed by atoms with E-state index in [1.807, 2.05) is 17.0 Å². The topological polar surface area (TPSA) is 67.9 Å². The number of benzene rings is 1. The number of anilines is 1. The zero-order chi connectivity index (χ0) is 22.0. The second-order valence-corrected chi connectivity index (χ2v) is 9.84. The van der Waals surface area contributed by atoms with Gasteiger partial charge in [0.15, 0.2) is 0 Å². The van der Waals surface area contributed by atoms with E-state index >= 15 is 0 Å². The van der Waals surface area contributed by atoms with Gasteiger partial charge in [-0.2, -0.15) is 0 Å². The number of rotatable bonds is 6. The molecule has 1 aliphatic carbocycles. The minimum atomic E-state index is -0.303. The highest BCUT2D eigenvalue weighted by atomic mass is 16.5. The number of nitrogens with one attached hydrogen (secondary N) is 1. The monoisotopic (exact) mass is 428 g/mol. The average molecular weight is 429 g/mol. The maximum atomic E-state index is 12.6. The molecule has 4 rings (SSSR count). The fourth-order valence-corrected chi connectivity index (χ4v) is 5.71. The number of fused-ring (bicyclic) bond motifs is 1. The molecule has 1 aromatic carbocycles. The number of nitrogens with zero attached hydrogens (tertiary/aromatic N) is 1. The van der Waals surface area contributed by atoms with E-state index in [-0.39, 0.29) is 29.6 Å². The smallest absolute Gasteiger partial charge is 0.227 e. The largest absolute Gasteiger partial charge is 0.384 e. The second-order valence-electron chi connectivity index (χ2n) is 9.84. The van der Waals surface area contributed by atoms with Gasteiger partial charge in [-0.3, -0.25) is 9.59 Å². The highest BCUT2D eigenvalue weighted by Crippen LogP contribution is 2.48. The molecule has 1 aromatic rings. The molecule has 0 aromatic heterocycles. The Balaban J connectivity index is 1.53. The quantitative estimate of drug-likeness (QED) is 0.744. The van der Waals surface area contributed by atoms with Crippen molar-refractivity contribution in [3.8, 4) is 0 Å². The van der Waals surface area contributed by atoms with Crippen LogP contribution in [0, 0.1) is 11.8 Å². The molecule has 31 heavy (non-hydrogen) atoms. The number of hydrogen-bond donors (Lipinski definition) is 1. The summed E-state index contributed by atoms with van der Waals surface area (Å²) in [4.78, 5) is 26.5.